The fourth-order valence-electron chi connectivity index (χ4n) is 2.31. The van der Waals surface area contributed by atoms with Crippen LogP contribution in [-0.4, -0.2) is 31.1 Å². The molecule has 1 aromatic rings. The van der Waals surface area contributed by atoms with Gasteiger partial charge in [0.1, 0.15) is 11.4 Å². The molecular formula is C16H24N2O. The summed E-state index contributed by atoms with van der Waals surface area (Å²) in [6.45, 7) is 9.53. The lowest BCUT2D eigenvalue weighted by Gasteiger charge is -2.31. The number of methoxy groups -OCH3 is 1. The van der Waals surface area contributed by atoms with Gasteiger partial charge in [0.25, 0.3) is 0 Å². The van der Waals surface area contributed by atoms with Crippen molar-refractivity contribution in [1.82, 2.24) is 0 Å². The molecule has 0 aromatic heterocycles. The highest BCUT2D eigenvalue weighted by Crippen LogP contribution is 2.28. The van der Waals surface area contributed by atoms with Crippen molar-refractivity contribution in [2.75, 3.05) is 18.6 Å². The maximum Gasteiger partial charge on any atom is 0.136 e. The molecule has 0 fully saturated rings. The summed E-state index contributed by atoms with van der Waals surface area (Å²) >= 11 is 0. The van der Waals surface area contributed by atoms with E-state index in [0.717, 1.165) is 12.4 Å². The maximum atomic E-state index is 5.63. The van der Waals surface area contributed by atoms with Crippen LogP contribution in [-0.2, 0) is 4.74 Å². The summed E-state index contributed by atoms with van der Waals surface area (Å²) in [5.41, 5.74) is 0.828. The van der Waals surface area contributed by atoms with Crippen LogP contribution < -0.4 is 4.90 Å². The van der Waals surface area contributed by atoms with Crippen molar-refractivity contribution >= 4 is 11.5 Å². The number of rotatable bonds is 4. The minimum Gasteiger partial charge on any atom is -0.371 e. The molecule has 0 amide bonds. The fourth-order valence-corrected chi connectivity index (χ4v) is 2.31. The van der Waals surface area contributed by atoms with E-state index >= 15 is 0 Å². The predicted molar refractivity (Wildman–Crippen MR) is 80.9 cm³/mol. The van der Waals surface area contributed by atoms with Gasteiger partial charge in [-0.1, -0.05) is 32.0 Å². The summed E-state index contributed by atoms with van der Waals surface area (Å²) in [5, 5.41) is 0. The van der Waals surface area contributed by atoms with E-state index in [9.17, 15) is 0 Å². The molecule has 3 nitrogen and oxygen atoms in total. The summed E-state index contributed by atoms with van der Waals surface area (Å²) in [6, 6.07) is 10.8. The van der Waals surface area contributed by atoms with Gasteiger partial charge in [-0.25, -0.2) is 0 Å². The molecule has 0 bridgehead atoms. The topological polar surface area (TPSA) is 24.8 Å². The van der Waals surface area contributed by atoms with Gasteiger partial charge >= 0.3 is 0 Å². The van der Waals surface area contributed by atoms with Crippen molar-refractivity contribution in [2.24, 2.45) is 10.9 Å². The Bertz CT molecular complexity index is 451. The Labute approximate surface area is 116 Å². The molecule has 0 N–H and O–H groups in total. The number of amidine groups is 1. The second-order valence-electron chi connectivity index (χ2n) is 5.92. The monoisotopic (exact) mass is 260 g/mol. The molecule has 2 rings (SSSR count). The van der Waals surface area contributed by atoms with Gasteiger partial charge in [-0.3, -0.25) is 4.99 Å². The average Bonchev–Trinajstić information content (AvgIpc) is 2.86. The Morgan fingerprint density at radius 2 is 1.89 bits per heavy atom. The summed E-state index contributed by atoms with van der Waals surface area (Å²) in [7, 11) is 1.74. The van der Waals surface area contributed by atoms with Crippen molar-refractivity contribution in [1.29, 1.82) is 0 Å². The third-order valence-corrected chi connectivity index (χ3v) is 3.80. The van der Waals surface area contributed by atoms with Crippen LogP contribution in [0.4, 0.5) is 5.69 Å². The molecule has 3 heteroatoms. The number of hydrogen-bond donors (Lipinski definition) is 0. The SMILES string of the molecule is COC(C)(C)C1=N[C@H](C(C)C)CN1c1ccccc1. The fraction of sp³-hybridized carbons (Fsp3) is 0.562. The van der Waals surface area contributed by atoms with E-state index in [-0.39, 0.29) is 5.60 Å². The van der Waals surface area contributed by atoms with E-state index in [4.69, 9.17) is 9.73 Å². The van der Waals surface area contributed by atoms with E-state index in [1.807, 2.05) is 6.07 Å². The van der Waals surface area contributed by atoms with Crippen molar-refractivity contribution in [3.63, 3.8) is 0 Å². The Kier molecular flexibility index (Phi) is 3.95. The van der Waals surface area contributed by atoms with Crippen LogP contribution in [0.1, 0.15) is 27.7 Å². The average molecular weight is 260 g/mol. The third-order valence-electron chi connectivity index (χ3n) is 3.80. The lowest BCUT2D eigenvalue weighted by atomic mass is 10.1. The van der Waals surface area contributed by atoms with E-state index in [1.54, 1.807) is 7.11 Å². The van der Waals surface area contributed by atoms with Crippen LogP contribution in [0.3, 0.4) is 0 Å². The Morgan fingerprint density at radius 3 is 2.42 bits per heavy atom. The smallest absolute Gasteiger partial charge is 0.136 e. The number of benzene rings is 1. The van der Waals surface area contributed by atoms with Gasteiger partial charge in [0.2, 0.25) is 0 Å². The molecule has 0 radical (unpaired) electrons. The molecule has 1 aliphatic heterocycles. The number of nitrogens with zero attached hydrogens (tertiary/aromatic N) is 2. The highest BCUT2D eigenvalue weighted by Gasteiger charge is 2.37. The molecule has 0 spiro atoms. The molecule has 104 valence electrons. The molecule has 19 heavy (non-hydrogen) atoms. The van der Waals surface area contributed by atoms with Crippen LogP contribution in [0, 0.1) is 5.92 Å². The zero-order valence-corrected chi connectivity index (χ0v) is 12.6. The van der Waals surface area contributed by atoms with Crippen LogP contribution >= 0.6 is 0 Å². The number of anilines is 1. The predicted octanol–water partition coefficient (Wildman–Crippen LogP) is 3.35. The highest BCUT2D eigenvalue weighted by molar-refractivity contribution is 6.04. The van der Waals surface area contributed by atoms with Gasteiger partial charge in [0.15, 0.2) is 0 Å². The van der Waals surface area contributed by atoms with Crippen LogP contribution in [0.25, 0.3) is 0 Å². The first kappa shape index (κ1) is 14.1. The van der Waals surface area contributed by atoms with E-state index in [0.29, 0.717) is 12.0 Å². The van der Waals surface area contributed by atoms with Gasteiger partial charge in [-0.2, -0.15) is 0 Å². The molecule has 1 aliphatic rings. The van der Waals surface area contributed by atoms with E-state index in [2.05, 4.69) is 56.9 Å². The van der Waals surface area contributed by atoms with E-state index in [1.165, 1.54) is 5.69 Å². The van der Waals surface area contributed by atoms with Crippen molar-refractivity contribution in [3.8, 4) is 0 Å². The maximum absolute atomic E-state index is 5.63. The quantitative estimate of drug-likeness (QED) is 0.829. The minimum absolute atomic E-state index is 0.338. The van der Waals surface area contributed by atoms with Crippen molar-refractivity contribution in [3.05, 3.63) is 30.3 Å². The molecule has 0 unspecified atom stereocenters. The van der Waals surface area contributed by atoms with Crippen molar-refractivity contribution < 1.29 is 4.74 Å². The number of hydrogen-bond acceptors (Lipinski definition) is 3. The lowest BCUT2D eigenvalue weighted by molar-refractivity contribution is 0.0817. The molecule has 1 heterocycles. The minimum atomic E-state index is -0.362. The molecule has 0 aliphatic carbocycles. The molecular weight excluding hydrogens is 236 g/mol. The van der Waals surface area contributed by atoms with Gasteiger partial charge in [0.05, 0.1) is 6.04 Å². The highest BCUT2D eigenvalue weighted by atomic mass is 16.5. The van der Waals surface area contributed by atoms with Crippen LogP contribution in [0.15, 0.2) is 35.3 Å². The Morgan fingerprint density at radius 1 is 1.26 bits per heavy atom. The van der Waals surface area contributed by atoms with E-state index < -0.39 is 0 Å². The molecule has 0 saturated carbocycles. The first-order valence-electron chi connectivity index (χ1n) is 6.91. The normalized spacial score (nSPS) is 20.0. The summed E-state index contributed by atoms with van der Waals surface area (Å²) in [5.74, 6) is 1.57. The molecule has 1 atom stereocenters. The zero-order chi connectivity index (χ0) is 14.0. The second-order valence-corrected chi connectivity index (χ2v) is 5.92. The standard InChI is InChI=1S/C16H24N2O/c1-12(2)14-11-18(13-9-7-6-8-10-13)15(17-14)16(3,4)19-5/h6-10,12,14H,11H2,1-5H3/t14-/m0/s1. The summed E-state index contributed by atoms with van der Waals surface area (Å²) < 4.78 is 5.63. The molecule has 0 saturated heterocycles. The second kappa shape index (κ2) is 5.33. The number of aliphatic imine (C=N–C) groups is 1. The van der Waals surface area contributed by atoms with Crippen LogP contribution in [0.2, 0.25) is 0 Å². The van der Waals surface area contributed by atoms with Gasteiger partial charge in [-0.15, -0.1) is 0 Å². The zero-order valence-electron chi connectivity index (χ0n) is 12.6. The lowest BCUT2D eigenvalue weighted by Crippen LogP contribution is -2.44. The Balaban J connectivity index is 2.36. The third kappa shape index (κ3) is 2.81. The number of para-hydroxylation sites is 1. The van der Waals surface area contributed by atoms with Crippen molar-refractivity contribution in [2.45, 2.75) is 39.3 Å². The summed E-state index contributed by atoms with van der Waals surface area (Å²) in [6.07, 6.45) is 0. The van der Waals surface area contributed by atoms with Gasteiger partial charge in [0, 0.05) is 19.3 Å². The summed E-state index contributed by atoms with van der Waals surface area (Å²) in [4.78, 5) is 7.19. The first-order valence-corrected chi connectivity index (χ1v) is 6.91. The first-order chi connectivity index (χ1) is 8.95. The largest absolute Gasteiger partial charge is 0.371 e. The van der Waals surface area contributed by atoms with Crippen LogP contribution in [0.5, 0.6) is 0 Å². The van der Waals surface area contributed by atoms with Gasteiger partial charge in [-0.05, 0) is 31.9 Å². The number of ether oxygens (including phenoxy) is 1. The Hall–Kier alpha value is -1.35. The van der Waals surface area contributed by atoms with Gasteiger partial charge < -0.3 is 9.64 Å². The molecule has 1 aromatic carbocycles.